The van der Waals surface area contributed by atoms with Crippen LogP contribution in [0.2, 0.25) is 5.02 Å². The molecule has 2 aromatic rings. The van der Waals surface area contributed by atoms with E-state index in [9.17, 15) is 14.0 Å². The molecular formula is C17H16BrClFNO4. The average molecular weight is 433 g/mol. The molecule has 0 bridgehead atoms. The van der Waals surface area contributed by atoms with Crippen LogP contribution in [0.3, 0.4) is 0 Å². The van der Waals surface area contributed by atoms with E-state index in [4.69, 9.17) is 21.4 Å². The van der Waals surface area contributed by atoms with Crippen LogP contribution in [-0.4, -0.2) is 35.3 Å². The van der Waals surface area contributed by atoms with E-state index in [2.05, 4.69) is 15.9 Å². The number of hydrogen-bond acceptors (Lipinski definition) is 4. The standard InChI is InChI=1S/C17H16BrClFNO4/c1-21-8-13(15(23)9-25-5-4-22)12(16(20)17(21)24)6-10-2-3-11(18)7-14(10)19/h2-3,7-8,22H,4-6,9H2,1H3. The van der Waals surface area contributed by atoms with Crippen LogP contribution in [0.4, 0.5) is 4.39 Å². The Morgan fingerprint density at radius 2 is 2.16 bits per heavy atom. The number of aromatic nitrogens is 1. The van der Waals surface area contributed by atoms with E-state index in [1.807, 2.05) is 0 Å². The Hall–Kier alpha value is -1.54. The highest BCUT2D eigenvalue weighted by atomic mass is 79.9. The van der Waals surface area contributed by atoms with Crippen LogP contribution >= 0.6 is 27.5 Å². The first kappa shape index (κ1) is 19.8. The largest absolute Gasteiger partial charge is 0.394 e. The molecule has 0 saturated carbocycles. The quantitative estimate of drug-likeness (QED) is 0.540. The fourth-order valence-corrected chi connectivity index (χ4v) is 3.05. The number of nitrogens with zero attached hydrogens (tertiary/aromatic N) is 1. The number of ketones is 1. The fourth-order valence-electron chi connectivity index (χ4n) is 2.31. The monoisotopic (exact) mass is 431 g/mol. The highest BCUT2D eigenvalue weighted by Gasteiger charge is 2.21. The second kappa shape index (κ2) is 8.71. The second-order valence-corrected chi connectivity index (χ2v) is 6.69. The molecule has 134 valence electrons. The fraction of sp³-hybridized carbons (Fsp3) is 0.294. The lowest BCUT2D eigenvalue weighted by atomic mass is 9.98. The molecule has 1 aromatic heterocycles. The number of aliphatic hydroxyl groups excluding tert-OH is 1. The zero-order valence-electron chi connectivity index (χ0n) is 13.4. The first-order chi connectivity index (χ1) is 11.8. The first-order valence-electron chi connectivity index (χ1n) is 7.39. The number of halogens is 3. The van der Waals surface area contributed by atoms with Gasteiger partial charge in [0.05, 0.1) is 13.2 Å². The molecule has 0 saturated heterocycles. The summed E-state index contributed by atoms with van der Waals surface area (Å²) < 4.78 is 21.3. The maximum Gasteiger partial charge on any atom is 0.286 e. The highest BCUT2D eigenvalue weighted by Crippen LogP contribution is 2.25. The normalized spacial score (nSPS) is 10.9. The van der Waals surface area contributed by atoms with Crippen molar-refractivity contribution in [3.63, 3.8) is 0 Å². The van der Waals surface area contributed by atoms with Crippen LogP contribution in [-0.2, 0) is 18.2 Å². The third-order valence-electron chi connectivity index (χ3n) is 3.57. The van der Waals surface area contributed by atoms with E-state index < -0.39 is 17.2 Å². The van der Waals surface area contributed by atoms with Crippen LogP contribution in [0.1, 0.15) is 21.5 Å². The van der Waals surface area contributed by atoms with Crippen LogP contribution in [0.15, 0.2) is 33.7 Å². The summed E-state index contributed by atoms with van der Waals surface area (Å²) in [5.74, 6) is -1.47. The predicted molar refractivity (Wildman–Crippen MR) is 95.8 cm³/mol. The molecular weight excluding hydrogens is 417 g/mol. The average Bonchev–Trinajstić information content (AvgIpc) is 2.57. The number of hydrogen-bond donors (Lipinski definition) is 1. The van der Waals surface area contributed by atoms with Crippen molar-refractivity contribution in [2.75, 3.05) is 19.8 Å². The molecule has 1 N–H and O–H groups in total. The summed E-state index contributed by atoms with van der Waals surface area (Å²) in [5, 5.41) is 9.11. The molecule has 8 heteroatoms. The van der Waals surface area contributed by atoms with Gasteiger partial charge in [-0.15, -0.1) is 0 Å². The Bertz CT molecular complexity index is 853. The van der Waals surface area contributed by atoms with E-state index in [1.54, 1.807) is 18.2 Å². The lowest BCUT2D eigenvalue weighted by Crippen LogP contribution is -2.26. The number of Topliss-reactive ketones (excluding diaryl/α,β-unsaturated/α-hetero) is 1. The number of carbonyl (C=O) groups is 1. The minimum absolute atomic E-state index is 0.00486. The maximum absolute atomic E-state index is 14.5. The number of rotatable bonds is 7. The van der Waals surface area contributed by atoms with Crippen LogP contribution in [0.25, 0.3) is 0 Å². The third-order valence-corrected chi connectivity index (χ3v) is 4.42. The topological polar surface area (TPSA) is 68.5 Å². The van der Waals surface area contributed by atoms with Gasteiger partial charge < -0.3 is 14.4 Å². The van der Waals surface area contributed by atoms with Crippen molar-refractivity contribution in [2.24, 2.45) is 7.05 Å². The summed E-state index contributed by atoms with van der Waals surface area (Å²) in [6, 6.07) is 5.09. The highest BCUT2D eigenvalue weighted by molar-refractivity contribution is 9.10. The van der Waals surface area contributed by atoms with E-state index in [0.717, 1.165) is 9.04 Å². The Morgan fingerprint density at radius 3 is 2.80 bits per heavy atom. The number of ether oxygens (including phenoxy) is 1. The van der Waals surface area contributed by atoms with Gasteiger partial charge in [0.1, 0.15) is 6.61 Å². The predicted octanol–water partition coefficient (Wildman–Crippen LogP) is 2.72. The molecule has 0 aliphatic carbocycles. The molecule has 25 heavy (non-hydrogen) atoms. The lowest BCUT2D eigenvalue weighted by molar-refractivity contribution is 0.0662. The van der Waals surface area contributed by atoms with Gasteiger partial charge in [-0.25, -0.2) is 4.39 Å². The Morgan fingerprint density at radius 1 is 1.44 bits per heavy atom. The molecule has 0 aliphatic heterocycles. The summed E-state index contributed by atoms with van der Waals surface area (Å²) in [7, 11) is 1.37. The molecule has 1 heterocycles. The third kappa shape index (κ3) is 4.76. The molecule has 0 spiro atoms. The smallest absolute Gasteiger partial charge is 0.286 e. The number of aryl methyl sites for hydroxylation is 1. The van der Waals surface area contributed by atoms with Crippen molar-refractivity contribution in [3.8, 4) is 0 Å². The maximum atomic E-state index is 14.5. The van der Waals surface area contributed by atoms with Crippen molar-refractivity contribution in [2.45, 2.75) is 6.42 Å². The van der Waals surface area contributed by atoms with E-state index in [-0.39, 0.29) is 37.4 Å². The van der Waals surface area contributed by atoms with Gasteiger partial charge >= 0.3 is 0 Å². The summed E-state index contributed by atoms with van der Waals surface area (Å²) in [5.41, 5.74) is -0.208. The number of pyridine rings is 1. The molecule has 0 fully saturated rings. The van der Waals surface area contributed by atoms with Crippen molar-refractivity contribution < 1.29 is 19.0 Å². The van der Waals surface area contributed by atoms with E-state index >= 15 is 0 Å². The van der Waals surface area contributed by atoms with Gasteiger partial charge in [-0.3, -0.25) is 9.59 Å². The summed E-state index contributed by atoms with van der Waals surface area (Å²) in [6.07, 6.45) is 1.28. The van der Waals surface area contributed by atoms with Crippen LogP contribution in [0.5, 0.6) is 0 Å². The van der Waals surface area contributed by atoms with Gasteiger partial charge in [0.25, 0.3) is 5.56 Å². The van der Waals surface area contributed by atoms with E-state index in [1.165, 1.54) is 13.2 Å². The lowest BCUT2D eigenvalue weighted by Gasteiger charge is -2.13. The van der Waals surface area contributed by atoms with Crippen molar-refractivity contribution >= 4 is 33.3 Å². The molecule has 0 radical (unpaired) electrons. The van der Waals surface area contributed by atoms with Gasteiger partial charge in [-0.2, -0.15) is 0 Å². The van der Waals surface area contributed by atoms with Gasteiger partial charge in [-0.05, 0) is 17.7 Å². The zero-order chi connectivity index (χ0) is 18.6. The SMILES string of the molecule is Cn1cc(C(=O)COCCO)c(Cc2ccc(Br)cc2Cl)c(F)c1=O. The number of benzene rings is 1. The second-order valence-electron chi connectivity index (χ2n) is 5.36. The zero-order valence-corrected chi connectivity index (χ0v) is 15.7. The number of aliphatic hydroxyl groups is 1. The van der Waals surface area contributed by atoms with Gasteiger partial charge in [0.2, 0.25) is 0 Å². The Labute approximate surface area is 157 Å². The summed E-state index contributed by atoms with van der Waals surface area (Å²) in [6.45, 7) is -0.552. The molecule has 0 atom stereocenters. The van der Waals surface area contributed by atoms with Crippen LogP contribution in [0, 0.1) is 5.82 Å². The summed E-state index contributed by atoms with van der Waals surface area (Å²) >= 11 is 9.45. The minimum atomic E-state index is -0.991. The molecule has 0 unspecified atom stereocenters. The molecule has 2 rings (SSSR count). The minimum Gasteiger partial charge on any atom is -0.394 e. The van der Waals surface area contributed by atoms with Gasteiger partial charge in [0, 0.05) is 40.3 Å². The molecule has 1 aromatic carbocycles. The number of carbonyl (C=O) groups excluding carboxylic acids is 1. The van der Waals surface area contributed by atoms with Gasteiger partial charge in [0.15, 0.2) is 11.6 Å². The van der Waals surface area contributed by atoms with Gasteiger partial charge in [-0.1, -0.05) is 33.6 Å². The van der Waals surface area contributed by atoms with Crippen molar-refractivity contribution in [1.29, 1.82) is 0 Å². The Balaban J connectivity index is 2.45. The molecule has 5 nitrogen and oxygen atoms in total. The molecule has 0 aliphatic rings. The van der Waals surface area contributed by atoms with Crippen LogP contribution < -0.4 is 5.56 Å². The Kier molecular flexibility index (Phi) is 6.89. The summed E-state index contributed by atoms with van der Waals surface area (Å²) in [4.78, 5) is 24.3. The van der Waals surface area contributed by atoms with E-state index in [0.29, 0.717) is 10.6 Å². The van der Waals surface area contributed by atoms with Crippen molar-refractivity contribution in [1.82, 2.24) is 4.57 Å². The first-order valence-corrected chi connectivity index (χ1v) is 8.56. The van der Waals surface area contributed by atoms with Crippen molar-refractivity contribution in [3.05, 3.63) is 66.8 Å². The molecule has 0 amide bonds.